The van der Waals surface area contributed by atoms with Gasteiger partial charge in [-0.1, -0.05) is 0 Å². The lowest BCUT2D eigenvalue weighted by Gasteiger charge is -2.12. The van der Waals surface area contributed by atoms with Gasteiger partial charge in [-0.15, -0.1) is 0 Å². The molecule has 8 heavy (non-hydrogen) atoms. The van der Waals surface area contributed by atoms with Crippen LogP contribution in [0.15, 0.2) is 0 Å². The highest BCUT2D eigenvalue weighted by Crippen LogP contribution is 2.39. The second-order valence-electron chi connectivity index (χ2n) is 1.91. The van der Waals surface area contributed by atoms with Gasteiger partial charge in [0.15, 0.2) is 0 Å². The van der Waals surface area contributed by atoms with Crippen molar-refractivity contribution < 1.29 is 9.46 Å². The van der Waals surface area contributed by atoms with E-state index in [1.54, 1.807) is 14.0 Å². The normalized spacial score (nSPS) is 22.0. The fourth-order valence-corrected chi connectivity index (χ4v) is 0.719. The minimum absolute atomic E-state index is 0.289. The van der Waals surface area contributed by atoms with Crippen LogP contribution in [0, 0.1) is 0 Å². The molecule has 0 aliphatic rings. The first-order valence-electron chi connectivity index (χ1n) is 2.45. The highest BCUT2D eigenvalue weighted by Gasteiger charge is 2.17. The predicted octanol–water partition coefficient (Wildman–Crippen LogP) is 0.452. The zero-order valence-electron chi connectivity index (χ0n) is 5.38. The maximum absolute atomic E-state index is 10.6. The molecule has 0 aromatic heterocycles. The second kappa shape index (κ2) is 2.62. The third kappa shape index (κ3) is 2.46. The van der Waals surface area contributed by atoms with Crippen molar-refractivity contribution in [2.75, 3.05) is 13.7 Å². The summed E-state index contributed by atoms with van der Waals surface area (Å²) in [5.74, 6) is -0.289. The molecule has 0 saturated heterocycles. The Labute approximate surface area is 49.6 Å². The Kier molecular flexibility index (Phi) is 2.67. The molecule has 50 valence electrons. The van der Waals surface area contributed by atoms with Gasteiger partial charge in [-0.25, -0.2) is 0 Å². The molecular weight excluding hydrogens is 125 g/mol. The van der Waals surface area contributed by atoms with Crippen molar-refractivity contribution in [3.8, 4) is 0 Å². The lowest BCUT2D eigenvalue weighted by Crippen LogP contribution is -2.20. The van der Waals surface area contributed by atoms with Crippen LogP contribution in [0.2, 0.25) is 0 Å². The molecule has 0 aliphatic carbocycles. The van der Waals surface area contributed by atoms with E-state index in [2.05, 4.69) is 5.32 Å². The van der Waals surface area contributed by atoms with Crippen molar-refractivity contribution in [3.63, 3.8) is 0 Å². The summed E-state index contributed by atoms with van der Waals surface area (Å²) in [5.41, 5.74) is 0. The van der Waals surface area contributed by atoms with Crippen LogP contribution in [-0.2, 0) is 4.57 Å². The molecular formula is C4H12NO2P. The van der Waals surface area contributed by atoms with Gasteiger partial charge in [0.2, 0.25) is 7.37 Å². The summed E-state index contributed by atoms with van der Waals surface area (Å²) >= 11 is 0. The third-order valence-electron chi connectivity index (χ3n) is 1.14. The summed E-state index contributed by atoms with van der Waals surface area (Å²) in [4.78, 5) is 8.78. The first-order chi connectivity index (χ1) is 3.48. The van der Waals surface area contributed by atoms with E-state index in [0.29, 0.717) is 0 Å². The second-order valence-corrected chi connectivity index (χ2v) is 4.57. The average Bonchev–Trinajstić information content (AvgIpc) is 1.62. The minimum Gasteiger partial charge on any atom is -0.343 e. The molecule has 0 spiro atoms. The summed E-state index contributed by atoms with van der Waals surface area (Å²) in [5, 5.41) is 2.69. The first-order valence-corrected chi connectivity index (χ1v) is 4.63. The van der Waals surface area contributed by atoms with Gasteiger partial charge in [-0.05, 0) is 14.0 Å². The SMILES string of the molecule is CNC(C)P(C)(=O)O. The average molecular weight is 137 g/mol. The Balaban J connectivity index is 3.82. The van der Waals surface area contributed by atoms with Crippen LogP contribution >= 0.6 is 7.37 Å². The lowest BCUT2D eigenvalue weighted by atomic mass is 10.8. The summed E-state index contributed by atoms with van der Waals surface area (Å²) in [6.07, 6.45) is 0. The van der Waals surface area contributed by atoms with Crippen LogP contribution in [0.3, 0.4) is 0 Å². The Hall–Kier alpha value is 0.150. The van der Waals surface area contributed by atoms with Gasteiger partial charge >= 0.3 is 0 Å². The first kappa shape index (κ1) is 8.15. The summed E-state index contributed by atoms with van der Waals surface area (Å²) in [6.45, 7) is 3.02. The fourth-order valence-electron chi connectivity index (χ4n) is 0.240. The largest absolute Gasteiger partial charge is 0.343 e. The molecule has 2 atom stereocenters. The fraction of sp³-hybridized carbons (Fsp3) is 1.00. The highest BCUT2D eigenvalue weighted by molar-refractivity contribution is 7.57. The Morgan fingerprint density at radius 3 is 2.12 bits per heavy atom. The van der Waals surface area contributed by atoms with Crippen molar-refractivity contribution >= 4 is 7.37 Å². The molecule has 0 aliphatic heterocycles. The molecule has 0 fully saturated rings. The highest BCUT2D eigenvalue weighted by atomic mass is 31.2. The molecule has 0 amide bonds. The number of hydrogen-bond donors (Lipinski definition) is 2. The van der Waals surface area contributed by atoms with Gasteiger partial charge in [0.1, 0.15) is 0 Å². The standard InChI is InChI=1S/C4H12NO2P/c1-4(5-2)8(3,6)7/h4-5H,1-3H3,(H,6,7). The summed E-state index contributed by atoms with van der Waals surface area (Å²) in [7, 11) is -1.20. The van der Waals surface area contributed by atoms with Crippen molar-refractivity contribution in [2.24, 2.45) is 0 Å². The molecule has 0 radical (unpaired) electrons. The maximum Gasteiger partial charge on any atom is 0.213 e. The van der Waals surface area contributed by atoms with E-state index < -0.39 is 7.37 Å². The molecule has 4 heteroatoms. The number of nitrogens with one attached hydrogen (secondary N) is 1. The number of rotatable bonds is 2. The van der Waals surface area contributed by atoms with E-state index >= 15 is 0 Å². The van der Waals surface area contributed by atoms with E-state index in [0.717, 1.165) is 0 Å². The van der Waals surface area contributed by atoms with E-state index in [1.807, 2.05) is 0 Å². The van der Waals surface area contributed by atoms with Gasteiger partial charge in [0.05, 0.1) is 5.78 Å². The molecule has 2 N–H and O–H groups in total. The molecule has 0 rings (SSSR count). The minimum atomic E-state index is -2.87. The molecule has 0 heterocycles. The predicted molar refractivity (Wildman–Crippen MR) is 34.3 cm³/mol. The van der Waals surface area contributed by atoms with E-state index in [9.17, 15) is 4.57 Å². The van der Waals surface area contributed by atoms with Gasteiger partial charge in [-0.2, -0.15) is 0 Å². The van der Waals surface area contributed by atoms with Crippen LogP contribution in [0.1, 0.15) is 6.92 Å². The molecule has 2 unspecified atom stereocenters. The van der Waals surface area contributed by atoms with Gasteiger partial charge in [-0.3, -0.25) is 4.57 Å². The van der Waals surface area contributed by atoms with Gasteiger partial charge in [0, 0.05) is 6.66 Å². The molecule has 0 bridgehead atoms. The molecule has 0 aromatic rings. The quantitative estimate of drug-likeness (QED) is 0.543. The zero-order chi connectivity index (χ0) is 6.78. The van der Waals surface area contributed by atoms with E-state index in [-0.39, 0.29) is 5.78 Å². The number of hydrogen-bond acceptors (Lipinski definition) is 2. The monoisotopic (exact) mass is 137 g/mol. The molecule has 0 aromatic carbocycles. The van der Waals surface area contributed by atoms with Crippen LogP contribution in [0.25, 0.3) is 0 Å². The topological polar surface area (TPSA) is 49.3 Å². The van der Waals surface area contributed by atoms with Crippen LogP contribution < -0.4 is 5.32 Å². The third-order valence-corrected chi connectivity index (χ3v) is 2.83. The van der Waals surface area contributed by atoms with Crippen LogP contribution in [-0.4, -0.2) is 24.4 Å². The zero-order valence-corrected chi connectivity index (χ0v) is 6.27. The van der Waals surface area contributed by atoms with Crippen molar-refractivity contribution in [2.45, 2.75) is 12.7 Å². The van der Waals surface area contributed by atoms with E-state index in [4.69, 9.17) is 4.89 Å². The van der Waals surface area contributed by atoms with Crippen molar-refractivity contribution in [3.05, 3.63) is 0 Å². The van der Waals surface area contributed by atoms with Crippen LogP contribution in [0.5, 0.6) is 0 Å². The van der Waals surface area contributed by atoms with Crippen molar-refractivity contribution in [1.29, 1.82) is 0 Å². The molecule has 3 nitrogen and oxygen atoms in total. The van der Waals surface area contributed by atoms with Crippen molar-refractivity contribution in [1.82, 2.24) is 5.32 Å². The van der Waals surface area contributed by atoms with Gasteiger partial charge in [0.25, 0.3) is 0 Å². The Bertz CT molecular complexity index is 109. The smallest absolute Gasteiger partial charge is 0.213 e. The van der Waals surface area contributed by atoms with E-state index in [1.165, 1.54) is 6.66 Å². The molecule has 0 saturated carbocycles. The van der Waals surface area contributed by atoms with Crippen LogP contribution in [0.4, 0.5) is 0 Å². The lowest BCUT2D eigenvalue weighted by molar-refractivity contribution is 0.464. The van der Waals surface area contributed by atoms with Gasteiger partial charge < -0.3 is 10.2 Å². The Morgan fingerprint density at radius 1 is 1.75 bits per heavy atom. The summed E-state index contributed by atoms with van der Waals surface area (Å²) < 4.78 is 10.6. The maximum atomic E-state index is 10.6. The Morgan fingerprint density at radius 2 is 2.12 bits per heavy atom. The summed E-state index contributed by atoms with van der Waals surface area (Å²) in [6, 6.07) is 0.